The monoisotopic (exact) mass is 305 g/mol. The first kappa shape index (κ1) is 16.0. The van der Waals surface area contributed by atoms with Gasteiger partial charge in [0.2, 0.25) is 0 Å². The Kier molecular flexibility index (Phi) is 5.79. The molecule has 0 spiro atoms. The van der Waals surface area contributed by atoms with Gasteiger partial charge in [-0.2, -0.15) is 0 Å². The zero-order valence-electron chi connectivity index (χ0n) is 13.1. The summed E-state index contributed by atoms with van der Waals surface area (Å²) in [5.74, 6) is 0.874. The fraction of sp³-hybridized carbons (Fsp3) is 0.412. The van der Waals surface area contributed by atoms with E-state index in [9.17, 15) is 0 Å². The van der Waals surface area contributed by atoms with Gasteiger partial charge in [0.1, 0.15) is 5.75 Å². The second-order valence-corrected chi connectivity index (χ2v) is 6.11. The van der Waals surface area contributed by atoms with Gasteiger partial charge in [-0.1, -0.05) is 12.1 Å². The van der Waals surface area contributed by atoms with Gasteiger partial charge in [0.25, 0.3) is 0 Å². The molecule has 0 aliphatic heterocycles. The Morgan fingerprint density at radius 1 is 1.14 bits per heavy atom. The van der Waals surface area contributed by atoms with E-state index in [0.717, 1.165) is 11.3 Å². The van der Waals surface area contributed by atoms with Crippen LogP contribution in [-0.4, -0.2) is 14.2 Å². The predicted molar refractivity (Wildman–Crippen MR) is 88.0 cm³/mol. The molecule has 2 aromatic rings. The van der Waals surface area contributed by atoms with Gasteiger partial charge in [0, 0.05) is 29.6 Å². The molecule has 0 fully saturated rings. The van der Waals surface area contributed by atoms with E-state index < -0.39 is 0 Å². The molecule has 114 valence electrons. The maximum atomic E-state index is 5.37. The number of ether oxygens (including phenoxy) is 2. The van der Waals surface area contributed by atoms with Crippen molar-refractivity contribution in [2.24, 2.45) is 0 Å². The highest BCUT2D eigenvalue weighted by molar-refractivity contribution is 7.10. The fourth-order valence-electron chi connectivity index (χ4n) is 2.43. The van der Waals surface area contributed by atoms with Gasteiger partial charge < -0.3 is 14.8 Å². The quantitative estimate of drug-likeness (QED) is 0.826. The van der Waals surface area contributed by atoms with Crippen molar-refractivity contribution in [1.29, 1.82) is 0 Å². The van der Waals surface area contributed by atoms with Crippen LogP contribution in [0.25, 0.3) is 0 Å². The summed E-state index contributed by atoms with van der Waals surface area (Å²) in [7, 11) is 3.39. The topological polar surface area (TPSA) is 30.5 Å². The van der Waals surface area contributed by atoms with Crippen LogP contribution in [-0.2, 0) is 11.3 Å². The van der Waals surface area contributed by atoms with Crippen molar-refractivity contribution in [1.82, 2.24) is 5.32 Å². The number of methoxy groups -OCH3 is 2. The van der Waals surface area contributed by atoms with E-state index in [2.05, 4.69) is 48.8 Å². The molecule has 1 aromatic heterocycles. The minimum absolute atomic E-state index is 0.267. The second-order valence-electron chi connectivity index (χ2n) is 5.13. The van der Waals surface area contributed by atoms with Crippen LogP contribution >= 0.6 is 11.3 Å². The Hall–Kier alpha value is -1.36. The van der Waals surface area contributed by atoms with E-state index in [0.29, 0.717) is 12.6 Å². The highest BCUT2D eigenvalue weighted by Crippen LogP contribution is 2.26. The standard InChI is InChI=1S/C17H23NO2S/c1-12(18-13(2)17-6-5-9-21-17)14-7-8-16(20-4)15(10-14)11-19-3/h5-10,12-13,18H,11H2,1-4H3. The average Bonchev–Trinajstić information content (AvgIpc) is 3.01. The van der Waals surface area contributed by atoms with Crippen molar-refractivity contribution >= 4 is 11.3 Å². The molecule has 4 heteroatoms. The normalized spacial score (nSPS) is 13.9. The number of thiophene rings is 1. The highest BCUT2D eigenvalue weighted by atomic mass is 32.1. The lowest BCUT2D eigenvalue weighted by molar-refractivity contribution is 0.181. The summed E-state index contributed by atoms with van der Waals surface area (Å²) in [6.07, 6.45) is 0. The van der Waals surface area contributed by atoms with Crippen LogP contribution in [0.3, 0.4) is 0 Å². The summed E-state index contributed by atoms with van der Waals surface area (Å²) in [6, 6.07) is 11.1. The third kappa shape index (κ3) is 4.06. The predicted octanol–water partition coefficient (Wildman–Crippen LogP) is 4.31. The van der Waals surface area contributed by atoms with Gasteiger partial charge >= 0.3 is 0 Å². The molecule has 0 saturated carbocycles. The van der Waals surface area contributed by atoms with Crippen molar-refractivity contribution in [3.05, 3.63) is 51.7 Å². The highest BCUT2D eigenvalue weighted by Gasteiger charge is 2.13. The van der Waals surface area contributed by atoms with E-state index in [1.807, 2.05) is 6.07 Å². The van der Waals surface area contributed by atoms with Gasteiger partial charge in [-0.05, 0) is 43.0 Å². The first-order valence-corrected chi connectivity index (χ1v) is 7.99. The summed E-state index contributed by atoms with van der Waals surface area (Å²) >= 11 is 1.78. The van der Waals surface area contributed by atoms with Crippen molar-refractivity contribution in [2.75, 3.05) is 14.2 Å². The molecule has 1 N–H and O–H groups in total. The van der Waals surface area contributed by atoms with Gasteiger partial charge in [0.15, 0.2) is 0 Å². The molecule has 0 aliphatic carbocycles. The maximum Gasteiger partial charge on any atom is 0.124 e. The van der Waals surface area contributed by atoms with Crippen LogP contribution in [0.1, 0.15) is 41.9 Å². The van der Waals surface area contributed by atoms with E-state index in [-0.39, 0.29) is 6.04 Å². The van der Waals surface area contributed by atoms with Gasteiger partial charge in [-0.25, -0.2) is 0 Å². The van der Waals surface area contributed by atoms with Crippen molar-refractivity contribution < 1.29 is 9.47 Å². The molecule has 2 atom stereocenters. The number of hydrogen-bond donors (Lipinski definition) is 1. The second kappa shape index (κ2) is 7.59. The minimum Gasteiger partial charge on any atom is -0.496 e. The number of hydrogen-bond acceptors (Lipinski definition) is 4. The van der Waals surface area contributed by atoms with Gasteiger partial charge in [0.05, 0.1) is 13.7 Å². The lowest BCUT2D eigenvalue weighted by Gasteiger charge is -2.21. The molecule has 0 bridgehead atoms. The van der Waals surface area contributed by atoms with Crippen molar-refractivity contribution in [3.63, 3.8) is 0 Å². The molecule has 0 amide bonds. The van der Waals surface area contributed by atoms with Gasteiger partial charge in [-0.15, -0.1) is 11.3 Å². The summed E-state index contributed by atoms with van der Waals surface area (Å²) < 4.78 is 10.6. The van der Waals surface area contributed by atoms with E-state index in [1.165, 1.54) is 10.4 Å². The lowest BCUT2D eigenvalue weighted by Crippen LogP contribution is -2.22. The van der Waals surface area contributed by atoms with Crippen molar-refractivity contribution in [3.8, 4) is 5.75 Å². The Morgan fingerprint density at radius 2 is 1.95 bits per heavy atom. The van der Waals surface area contributed by atoms with Crippen LogP contribution in [0.2, 0.25) is 0 Å². The summed E-state index contributed by atoms with van der Waals surface area (Å²) in [5.41, 5.74) is 2.32. The Bertz CT molecular complexity index is 554. The molecule has 1 heterocycles. The first-order chi connectivity index (χ1) is 10.2. The SMILES string of the molecule is COCc1cc(C(C)NC(C)c2cccs2)ccc1OC. The first-order valence-electron chi connectivity index (χ1n) is 7.11. The zero-order chi connectivity index (χ0) is 15.2. The van der Waals surface area contributed by atoms with Crippen LogP contribution in [0.5, 0.6) is 5.75 Å². The molecule has 0 saturated heterocycles. The molecule has 2 unspecified atom stereocenters. The molecule has 3 nitrogen and oxygen atoms in total. The molecule has 0 aliphatic rings. The Balaban J connectivity index is 2.11. The number of nitrogens with one attached hydrogen (secondary N) is 1. The van der Waals surface area contributed by atoms with E-state index in [4.69, 9.17) is 9.47 Å². The third-order valence-corrected chi connectivity index (χ3v) is 4.63. The van der Waals surface area contributed by atoms with Crippen LogP contribution < -0.4 is 10.1 Å². The summed E-state index contributed by atoms with van der Waals surface area (Å²) in [5, 5.41) is 5.75. The Labute approximate surface area is 130 Å². The molecule has 21 heavy (non-hydrogen) atoms. The maximum absolute atomic E-state index is 5.37. The zero-order valence-corrected chi connectivity index (χ0v) is 13.9. The molecule has 1 aromatic carbocycles. The molecular formula is C17H23NO2S. The molecule has 2 rings (SSSR count). The summed E-state index contributed by atoms with van der Waals surface area (Å²) in [4.78, 5) is 1.35. The van der Waals surface area contributed by atoms with E-state index in [1.54, 1.807) is 25.6 Å². The number of benzene rings is 1. The molecule has 0 radical (unpaired) electrons. The smallest absolute Gasteiger partial charge is 0.124 e. The molecular weight excluding hydrogens is 282 g/mol. The van der Waals surface area contributed by atoms with Crippen LogP contribution in [0.15, 0.2) is 35.7 Å². The van der Waals surface area contributed by atoms with E-state index >= 15 is 0 Å². The Morgan fingerprint density at radius 3 is 2.57 bits per heavy atom. The van der Waals surface area contributed by atoms with Crippen molar-refractivity contribution in [2.45, 2.75) is 32.5 Å². The fourth-order valence-corrected chi connectivity index (χ4v) is 3.17. The van der Waals surface area contributed by atoms with Gasteiger partial charge in [-0.3, -0.25) is 0 Å². The lowest BCUT2D eigenvalue weighted by atomic mass is 10.0. The number of rotatable bonds is 7. The largest absolute Gasteiger partial charge is 0.496 e. The van der Waals surface area contributed by atoms with Crippen LogP contribution in [0.4, 0.5) is 0 Å². The van der Waals surface area contributed by atoms with Crippen LogP contribution in [0, 0.1) is 0 Å². The minimum atomic E-state index is 0.267. The third-order valence-electron chi connectivity index (χ3n) is 3.57. The summed E-state index contributed by atoms with van der Waals surface area (Å²) in [6.45, 7) is 4.94. The average molecular weight is 305 g/mol.